The number of hydrogen-bond donors (Lipinski definition) is 2. The highest BCUT2D eigenvalue weighted by atomic mass is 16.5. The Balaban J connectivity index is 2.50. The maximum atomic E-state index is 11.0. The zero-order valence-corrected chi connectivity index (χ0v) is 11.5. The third-order valence-corrected chi connectivity index (χ3v) is 2.31. The molecule has 0 fully saturated rings. The monoisotopic (exact) mass is 268 g/mol. The molecule has 1 heterocycles. The number of esters is 1. The fourth-order valence-corrected chi connectivity index (χ4v) is 1.42. The molecule has 0 aromatic carbocycles. The molecule has 19 heavy (non-hydrogen) atoms. The third kappa shape index (κ3) is 6.01. The molecule has 0 aliphatic rings. The van der Waals surface area contributed by atoms with E-state index in [-0.39, 0.29) is 5.97 Å². The van der Waals surface area contributed by atoms with Crippen molar-refractivity contribution in [2.45, 2.75) is 13.3 Å². The Morgan fingerprint density at radius 3 is 2.42 bits per heavy atom. The summed E-state index contributed by atoms with van der Waals surface area (Å²) in [5.41, 5.74) is 0. The molecular weight excluding hydrogens is 248 g/mol. The highest BCUT2D eigenvalue weighted by molar-refractivity contribution is 5.69. The van der Waals surface area contributed by atoms with Crippen LogP contribution in [0.25, 0.3) is 0 Å². The molecule has 0 saturated carbocycles. The van der Waals surface area contributed by atoms with Crippen molar-refractivity contribution in [3.05, 3.63) is 11.9 Å². The molecular formula is C12H20N4O3. The minimum absolute atomic E-state index is 0.253. The Labute approximate surface area is 112 Å². The van der Waals surface area contributed by atoms with Crippen LogP contribution in [0.15, 0.2) is 6.07 Å². The van der Waals surface area contributed by atoms with E-state index in [1.807, 2.05) is 6.92 Å². The van der Waals surface area contributed by atoms with Crippen molar-refractivity contribution < 1.29 is 14.3 Å². The van der Waals surface area contributed by atoms with Crippen molar-refractivity contribution >= 4 is 17.6 Å². The summed E-state index contributed by atoms with van der Waals surface area (Å²) in [5.74, 6) is 1.81. The number of anilines is 2. The Bertz CT molecular complexity index is 412. The number of nitrogens with zero attached hydrogens (tertiary/aromatic N) is 2. The van der Waals surface area contributed by atoms with Crippen molar-refractivity contribution in [3.63, 3.8) is 0 Å². The van der Waals surface area contributed by atoms with Crippen LogP contribution in [0.2, 0.25) is 0 Å². The van der Waals surface area contributed by atoms with Gasteiger partial charge in [0.25, 0.3) is 0 Å². The van der Waals surface area contributed by atoms with Crippen molar-refractivity contribution in [3.8, 4) is 0 Å². The van der Waals surface area contributed by atoms with Gasteiger partial charge in [0.2, 0.25) is 0 Å². The summed E-state index contributed by atoms with van der Waals surface area (Å²) in [7, 11) is 3.02. The standard InChI is InChI=1S/C12H20N4O3/c1-9-15-10(13-5-4-12(17)19-3)8-11(16-9)14-6-7-18-2/h8H,4-7H2,1-3H3,(H2,13,14,15,16). The van der Waals surface area contributed by atoms with Gasteiger partial charge >= 0.3 is 5.97 Å². The fraction of sp³-hybridized carbons (Fsp3) is 0.583. The molecule has 0 amide bonds. The molecule has 0 saturated heterocycles. The Kier molecular flexibility index (Phi) is 6.59. The van der Waals surface area contributed by atoms with Gasteiger partial charge in [0.05, 0.1) is 20.1 Å². The van der Waals surface area contributed by atoms with Crippen molar-refractivity contribution in [1.29, 1.82) is 0 Å². The van der Waals surface area contributed by atoms with Gasteiger partial charge in [-0.3, -0.25) is 4.79 Å². The summed E-state index contributed by atoms with van der Waals surface area (Å²) < 4.78 is 9.52. The van der Waals surface area contributed by atoms with Gasteiger partial charge < -0.3 is 20.1 Å². The SMILES string of the molecule is COCCNc1cc(NCCC(=O)OC)nc(C)n1. The normalized spacial score (nSPS) is 10.1. The number of methoxy groups -OCH3 is 2. The minimum Gasteiger partial charge on any atom is -0.469 e. The topological polar surface area (TPSA) is 85.4 Å². The van der Waals surface area contributed by atoms with Gasteiger partial charge in [-0.1, -0.05) is 0 Å². The lowest BCUT2D eigenvalue weighted by Crippen LogP contribution is -2.13. The maximum absolute atomic E-state index is 11.0. The van der Waals surface area contributed by atoms with E-state index in [1.54, 1.807) is 13.2 Å². The quantitative estimate of drug-likeness (QED) is 0.533. The van der Waals surface area contributed by atoms with Gasteiger partial charge in [0, 0.05) is 26.3 Å². The first-order valence-corrected chi connectivity index (χ1v) is 6.05. The smallest absolute Gasteiger partial charge is 0.307 e. The van der Waals surface area contributed by atoms with E-state index in [4.69, 9.17) is 4.74 Å². The molecule has 7 nitrogen and oxygen atoms in total. The van der Waals surface area contributed by atoms with Crippen LogP contribution in [0, 0.1) is 6.92 Å². The molecule has 2 N–H and O–H groups in total. The molecule has 0 unspecified atom stereocenters. The van der Waals surface area contributed by atoms with E-state index in [1.165, 1.54) is 7.11 Å². The van der Waals surface area contributed by atoms with Crippen LogP contribution >= 0.6 is 0 Å². The summed E-state index contributed by atoms with van der Waals surface area (Å²) in [5, 5.41) is 6.19. The highest BCUT2D eigenvalue weighted by Crippen LogP contribution is 2.10. The number of aryl methyl sites for hydroxylation is 1. The van der Waals surface area contributed by atoms with Crippen LogP contribution in [0.4, 0.5) is 11.6 Å². The average Bonchev–Trinajstić information content (AvgIpc) is 2.38. The average molecular weight is 268 g/mol. The number of hydrogen-bond acceptors (Lipinski definition) is 7. The molecule has 106 valence electrons. The predicted molar refractivity (Wildman–Crippen MR) is 72.3 cm³/mol. The first kappa shape index (κ1) is 15.2. The molecule has 0 radical (unpaired) electrons. The molecule has 0 bridgehead atoms. The number of rotatable bonds is 8. The first-order valence-electron chi connectivity index (χ1n) is 6.05. The number of carbonyl (C=O) groups excluding carboxylic acids is 1. The van der Waals surface area contributed by atoms with E-state index >= 15 is 0 Å². The zero-order chi connectivity index (χ0) is 14.1. The lowest BCUT2D eigenvalue weighted by Gasteiger charge is -2.09. The Morgan fingerprint density at radius 2 is 1.84 bits per heavy atom. The van der Waals surface area contributed by atoms with Gasteiger partial charge in [-0.2, -0.15) is 0 Å². The second kappa shape index (κ2) is 8.25. The van der Waals surface area contributed by atoms with Gasteiger partial charge in [0.1, 0.15) is 17.5 Å². The second-order valence-corrected chi connectivity index (χ2v) is 3.86. The van der Waals surface area contributed by atoms with Gasteiger partial charge in [0.15, 0.2) is 0 Å². The number of nitrogens with one attached hydrogen (secondary N) is 2. The summed E-state index contributed by atoms with van der Waals surface area (Å²) in [4.78, 5) is 19.5. The van der Waals surface area contributed by atoms with Crippen LogP contribution in [-0.2, 0) is 14.3 Å². The largest absolute Gasteiger partial charge is 0.469 e. The van der Waals surface area contributed by atoms with Gasteiger partial charge in [-0.15, -0.1) is 0 Å². The maximum Gasteiger partial charge on any atom is 0.307 e. The highest BCUT2D eigenvalue weighted by Gasteiger charge is 2.03. The lowest BCUT2D eigenvalue weighted by molar-refractivity contribution is -0.140. The Hall–Kier alpha value is -1.89. The molecule has 0 aliphatic carbocycles. The third-order valence-electron chi connectivity index (χ3n) is 2.31. The number of ether oxygens (including phenoxy) is 2. The molecule has 0 aliphatic heterocycles. The minimum atomic E-state index is -0.253. The van der Waals surface area contributed by atoms with Crippen LogP contribution < -0.4 is 10.6 Å². The molecule has 1 aromatic rings. The van der Waals surface area contributed by atoms with Crippen LogP contribution in [0.1, 0.15) is 12.2 Å². The second-order valence-electron chi connectivity index (χ2n) is 3.86. The van der Waals surface area contributed by atoms with E-state index in [0.717, 1.165) is 5.82 Å². The van der Waals surface area contributed by atoms with E-state index in [2.05, 4.69) is 25.3 Å². The number of aromatic nitrogens is 2. The van der Waals surface area contributed by atoms with Crippen LogP contribution in [0.5, 0.6) is 0 Å². The van der Waals surface area contributed by atoms with E-state index < -0.39 is 0 Å². The van der Waals surface area contributed by atoms with E-state index in [9.17, 15) is 4.79 Å². The van der Waals surface area contributed by atoms with E-state index in [0.29, 0.717) is 37.8 Å². The molecule has 1 rings (SSSR count). The molecule has 1 aromatic heterocycles. The lowest BCUT2D eigenvalue weighted by atomic mass is 10.4. The Morgan fingerprint density at radius 1 is 1.21 bits per heavy atom. The predicted octanol–water partition coefficient (Wildman–Crippen LogP) is 0.818. The molecule has 0 spiro atoms. The van der Waals surface area contributed by atoms with Crippen molar-refractivity contribution in [2.24, 2.45) is 0 Å². The molecule has 0 atom stereocenters. The summed E-state index contributed by atoms with van der Waals surface area (Å²) >= 11 is 0. The molecule has 7 heteroatoms. The van der Waals surface area contributed by atoms with Crippen LogP contribution in [-0.4, -0.2) is 49.9 Å². The van der Waals surface area contributed by atoms with Crippen LogP contribution in [0.3, 0.4) is 0 Å². The first-order chi connectivity index (χ1) is 9.15. The fourth-order valence-electron chi connectivity index (χ4n) is 1.42. The van der Waals surface area contributed by atoms with Crippen molar-refractivity contribution in [2.75, 3.05) is 44.5 Å². The van der Waals surface area contributed by atoms with Crippen molar-refractivity contribution in [1.82, 2.24) is 9.97 Å². The van der Waals surface area contributed by atoms with Gasteiger partial charge in [-0.05, 0) is 6.92 Å². The zero-order valence-electron chi connectivity index (χ0n) is 11.5. The number of carbonyl (C=O) groups is 1. The summed E-state index contributed by atoms with van der Waals surface area (Å²) in [6, 6.07) is 1.79. The summed E-state index contributed by atoms with van der Waals surface area (Å²) in [6.07, 6.45) is 0.298. The van der Waals surface area contributed by atoms with Gasteiger partial charge in [-0.25, -0.2) is 9.97 Å². The summed E-state index contributed by atoms with van der Waals surface area (Å²) in [6.45, 7) is 3.57.